The van der Waals surface area contributed by atoms with Crippen LogP contribution in [0.15, 0.2) is 17.1 Å². The van der Waals surface area contributed by atoms with Crippen molar-refractivity contribution in [1.29, 1.82) is 5.41 Å². The van der Waals surface area contributed by atoms with E-state index in [1.54, 1.807) is 6.92 Å². The number of nitrogens with one attached hydrogen (secondary N) is 2. The lowest BCUT2D eigenvalue weighted by Crippen LogP contribution is -2.10. The number of nitrogen functional groups attached to an aromatic ring is 1. The van der Waals surface area contributed by atoms with Gasteiger partial charge in [-0.15, -0.1) is 0 Å². The molecule has 0 aromatic carbocycles. The third kappa shape index (κ3) is 1.46. The van der Waals surface area contributed by atoms with Gasteiger partial charge in [-0.2, -0.15) is 0 Å². The highest BCUT2D eigenvalue weighted by Gasteiger charge is 2.00. The summed E-state index contributed by atoms with van der Waals surface area (Å²) in [5, 5.41) is 7.24. The second-order valence-corrected chi connectivity index (χ2v) is 2.29. The second-order valence-electron chi connectivity index (χ2n) is 2.29. The Morgan fingerprint density at radius 1 is 1.73 bits per heavy atom. The first-order valence-corrected chi connectivity index (χ1v) is 3.15. The largest absolute Gasteiger partial charge is 0.397 e. The van der Waals surface area contributed by atoms with Gasteiger partial charge >= 0.3 is 0 Å². The molecule has 1 rings (SSSR count). The van der Waals surface area contributed by atoms with Gasteiger partial charge in [-0.25, -0.2) is 0 Å². The monoisotopic (exact) mass is 151 g/mol. The van der Waals surface area contributed by atoms with Crippen molar-refractivity contribution in [1.82, 2.24) is 4.98 Å². The zero-order chi connectivity index (χ0) is 8.43. The van der Waals surface area contributed by atoms with Crippen LogP contribution in [0.2, 0.25) is 0 Å². The molecule has 0 radical (unpaired) electrons. The predicted molar refractivity (Wildman–Crippen MR) is 44.0 cm³/mol. The zero-order valence-electron chi connectivity index (χ0n) is 6.14. The van der Waals surface area contributed by atoms with E-state index in [4.69, 9.17) is 11.1 Å². The van der Waals surface area contributed by atoms with Crippen LogP contribution in [0.3, 0.4) is 0 Å². The standard InChI is InChI=1S/C7H9N3O/c1-4(8)5-2-7(11)10-3-6(5)9/h2-3,8H,9H2,1H3,(H,10,11). The average molecular weight is 151 g/mol. The molecule has 11 heavy (non-hydrogen) atoms. The Morgan fingerprint density at radius 2 is 2.36 bits per heavy atom. The predicted octanol–water partition coefficient (Wildman–Crippen LogP) is 0.345. The number of hydrogen-bond acceptors (Lipinski definition) is 3. The van der Waals surface area contributed by atoms with Gasteiger partial charge in [-0.1, -0.05) is 0 Å². The van der Waals surface area contributed by atoms with Crippen molar-refractivity contribution in [2.24, 2.45) is 0 Å². The first-order valence-electron chi connectivity index (χ1n) is 3.15. The van der Waals surface area contributed by atoms with Crippen LogP contribution in [0.5, 0.6) is 0 Å². The molecule has 0 saturated heterocycles. The molecule has 4 heteroatoms. The SMILES string of the molecule is CC(=N)c1cc(=O)[nH]cc1N. The summed E-state index contributed by atoms with van der Waals surface area (Å²) in [6, 6.07) is 1.32. The Bertz CT molecular complexity index is 340. The molecule has 0 aliphatic carbocycles. The molecule has 0 saturated carbocycles. The van der Waals surface area contributed by atoms with Crippen LogP contribution in [0.25, 0.3) is 0 Å². The molecular weight excluding hydrogens is 142 g/mol. The summed E-state index contributed by atoms with van der Waals surface area (Å²) < 4.78 is 0. The summed E-state index contributed by atoms with van der Waals surface area (Å²) in [5.41, 5.74) is 6.47. The Kier molecular flexibility index (Phi) is 1.76. The maximum atomic E-state index is 10.7. The molecule has 1 heterocycles. The van der Waals surface area contributed by atoms with Crippen molar-refractivity contribution in [2.45, 2.75) is 6.92 Å². The van der Waals surface area contributed by atoms with E-state index in [2.05, 4.69) is 4.98 Å². The number of pyridine rings is 1. The molecule has 4 N–H and O–H groups in total. The van der Waals surface area contributed by atoms with Crippen molar-refractivity contribution in [3.05, 3.63) is 28.2 Å². The van der Waals surface area contributed by atoms with Crippen LogP contribution in [0.4, 0.5) is 5.69 Å². The van der Waals surface area contributed by atoms with Gasteiger partial charge in [0.25, 0.3) is 0 Å². The van der Waals surface area contributed by atoms with Crippen molar-refractivity contribution in [2.75, 3.05) is 5.73 Å². The lowest BCUT2D eigenvalue weighted by atomic mass is 10.1. The van der Waals surface area contributed by atoms with Crippen molar-refractivity contribution in [3.8, 4) is 0 Å². The third-order valence-electron chi connectivity index (χ3n) is 1.36. The number of aromatic nitrogens is 1. The summed E-state index contributed by atoms with van der Waals surface area (Å²) in [5.74, 6) is 0. The first-order chi connectivity index (χ1) is 5.11. The molecule has 0 fully saturated rings. The average Bonchev–Trinajstić information content (AvgIpc) is 1.94. The number of H-pyrrole nitrogens is 1. The molecular formula is C7H9N3O. The van der Waals surface area contributed by atoms with Crippen LogP contribution in [-0.2, 0) is 0 Å². The van der Waals surface area contributed by atoms with E-state index < -0.39 is 0 Å². The minimum Gasteiger partial charge on any atom is -0.397 e. The molecule has 0 atom stereocenters. The molecule has 0 aliphatic heterocycles. The van der Waals surface area contributed by atoms with Crippen molar-refractivity contribution >= 4 is 11.4 Å². The van der Waals surface area contributed by atoms with Gasteiger partial charge in [0.1, 0.15) is 0 Å². The Morgan fingerprint density at radius 3 is 2.82 bits per heavy atom. The van der Waals surface area contributed by atoms with Gasteiger partial charge in [0.2, 0.25) is 5.56 Å². The van der Waals surface area contributed by atoms with E-state index >= 15 is 0 Å². The number of rotatable bonds is 1. The molecule has 0 bridgehead atoms. The Hall–Kier alpha value is -1.58. The maximum absolute atomic E-state index is 10.7. The fourth-order valence-corrected chi connectivity index (χ4v) is 0.807. The number of nitrogens with two attached hydrogens (primary N) is 1. The number of aromatic amines is 1. The number of hydrogen-bond donors (Lipinski definition) is 3. The van der Waals surface area contributed by atoms with Gasteiger partial charge in [-0.3, -0.25) is 4.79 Å². The third-order valence-corrected chi connectivity index (χ3v) is 1.36. The van der Waals surface area contributed by atoms with E-state index in [-0.39, 0.29) is 5.56 Å². The molecule has 58 valence electrons. The zero-order valence-corrected chi connectivity index (χ0v) is 6.14. The Labute approximate surface area is 63.6 Å². The van der Waals surface area contributed by atoms with E-state index in [1.807, 2.05) is 0 Å². The molecule has 0 amide bonds. The Balaban J connectivity index is 3.35. The highest BCUT2D eigenvalue weighted by Crippen LogP contribution is 2.05. The fraction of sp³-hybridized carbons (Fsp3) is 0.143. The summed E-state index contributed by atoms with van der Waals surface area (Å²) >= 11 is 0. The normalized spacial score (nSPS) is 9.55. The van der Waals surface area contributed by atoms with Crippen molar-refractivity contribution < 1.29 is 0 Å². The van der Waals surface area contributed by atoms with Gasteiger partial charge in [0.05, 0.1) is 5.69 Å². The maximum Gasteiger partial charge on any atom is 0.248 e. The minimum atomic E-state index is -0.235. The molecule has 1 aromatic heterocycles. The van der Waals surface area contributed by atoms with E-state index in [0.717, 1.165) is 0 Å². The summed E-state index contributed by atoms with van der Waals surface area (Å²) in [4.78, 5) is 13.2. The molecule has 1 aromatic rings. The van der Waals surface area contributed by atoms with E-state index in [9.17, 15) is 4.79 Å². The van der Waals surface area contributed by atoms with E-state index in [1.165, 1.54) is 12.3 Å². The summed E-state index contributed by atoms with van der Waals surface area (Å²) in [7, 11) is 0. The fourth-order valence-electron chi connectivity index (χ4n) is 0.807. The first kappa shape index (κ1) is 7.53. The topological polar surface area (TPSA) is 82.7 Å². The van der Waals surface area contributed by atoms with E-state index in [0.29, 0.717) is 17.0 Å². The molecule has 4 nitrogen and oxygen atoms in total. The highest BCUT2D eigenvalue weighted by atomic mass is 16.1. The van der Waals surface area contributed by atoms with Crippen LogP contribution in [-0.4, -0.2) is 10.7 Å². The van der Waals surface area contributed by atoms with Crippen molar-refractivity contribution in [3.63, 3.8) is 0 Å². The number of anilines is 1. The van der Waals surface area contributed by atoms with Gasteiger partial charge < -0.3 is 16.1 Å². The van der Waals surface area contributed by atoms with Crippen LogP contribution in [0, 0.1) is 5.41 Å². The highest BCUT2D eigenvalue weighted by molar-refractivity contribution is 6.00. The van der Waals surface area contributed by atoms with Gasteiger partial charge in [-0.05, 0) is 6.92 Å². The van der Waals surface area contributed by atoms with Gasteiger partial charge in [0.15, 0.2) is 0 Å². The lowest BCUT2D eigenvalue weighted by molar-refractivity contribution is 1.23. The molecule has 0 aliphatic rings. The summed E-state index contributed by atoms with van der Waals surface area (Å²) in [6.45, 7) is 1.59. The van der Waals surface area contributed by atoms with Gasteiger partial charge in [0, 0.05) is 23.5 Å². The second kappa shape index (κ2) is 2.57. The van der Waals surface area contributed by atoms with Crippen LogP contribution < -0.4 is 11.3 Å². The molecule has 0 unspecified atom stereocenters. The minimum absolute atomic E-state index is 0.235. The summed E-state index contributed by atoms with van der Waals surface area (Å²) in [6.07, 6.45) is 1.40. The van der Waals surface area contributed by atoms with Crippen LogP contribution >= 0.6 is 0 Å². The molecule has 0 spiro atoms. The lowest BCUT2D eigenvalue weighted by Gasteiger charge is -2.00. The smallest absolute Gasteiger partial charge is 0.248 e. The quantitative estimate of drug-likeness (QED) is 0.506. The van der Waals surface area contributed by atoms with Crippen LogP contribution in [0.1, 0.15) is 12.5 Å².